The number of nitrogens with one attached hydrogen (secondary N) is 2. The molecule has 0 heterocycles. The van der Waals surface area contributed by atoms with Crippen molar-refractivity contribution in [1.82, 2.24) is 10.6 Å². The van der Waals surface area contributed by atoms with Gasteiger partial charge in [-0.05, 0) is 45.7 Å². The predicted octanol–water partition coefficient (Wildman–Crippen LogP) is 3.19. The maximum absolute atomic E-state index is 12.0. The van der Waals surface area contributed by atoms with Gasteiger partial charge in [-0.1, -0.05) is 29.8 Å². The highest BCUT2D eigenvalue weighted by Crippen LogP contribution is 2.14. The number of esters is 1. The summed E-state index contributed by atoms with van der Waals surface area (Å²) < 4.78 is 10.2. The molecule has 0 bridgehead atoms. The van der Waals surface area contributed by atoms with E-state index in [4.69, 9.17) is 21.1 Å². The Balaban J connectivity index is 2.24. The van der Waals surface area contributed by atoms with E-state index in [1.54, 1.807) is 39.0 Å². The molecule has 1 aromatic carbocycles. The zero-order valence-electron chi connectivity index (χ0n) is 16.1. The molecule has 7 nitrogen and oxygen atoms in total. The summed E-state index contributed by atoms with van der Waals surface area (Å²) in [5, 5.41) is 5.78. The Morgan fingerprint density at radius 1 is 1.15 bits per heavy atom. The lowest BCUT2D eigenvalue weighted by Gasteiger charge is -2.19. The third-order valence-electron chi connectivity index (χ3n) is 3.31. The van der Waals surface area contributed by atoms with E-state index >= 15 is 0 Å². The first-order valence-corrected chi connectivity index (χ1v) is 9.13. The van der Waals surface area contributed by atoms with Crippen LogP contribution in [-0.4, -0.2) is 36.2 Å². The molecule has 8 heteroatoms. The molecule has 0 aromatic heterocycles. The van der Waals surface area contributed by atoms with E-state index in [1.807, 2.05) is 6.07 Å². The number of hydrogen-bond donors (Lipinski definition) is 2. The van der Waals surface area contributed by atoms with Crippen LogP contribution in [0.4, 0.5) is 4.79 Å². The average molecular weight is 399 g/mol. The van der Waals surface area contributed by atoms with Crippen molar-refractivity contribution in [3.63, 3.8) is 0 Å². The molecular weight excluding hydrogens is 372 g/mol. The summed E-state index contributed by atoms with van der Waals surface area (Å²) in [5.74, 6) is -0.920. The monoisotopic (exact) mass is 398 g/mol. The van der Waals surface area contributed by atoms with Crippen LogP contribution in [0.3, 0.4) is 0 Å². The smallest absolute Gasteiger partial charge is 0.407 e. The molecule has 0 spiro atoms. The van der Waals surface area contributed by atoms with Gasteiger partial charge in [-0.25, -0.2) is 4.79 Å². The molecule has 1 aromatic rings. The third kappa shape index (κ3) is 9.84. The lowest BCUT2D eigenvalue weighted by atomic mass is 10.2. The highest BCUT2D eigenvalue weighted by molar-refractivity contribution is 6.31. The summed E-state index contributed by atoms with van der Waals surface area (Å²) in [4.78, 5) is 35.3. The number of rotatable bonds is 8. The Morgan fingerprint density at radius 3 is 2.44 bits per heavy atom. The Labute approximate surface area is 164 Å². The number of hydrogen-bond acceptors (Lipinski definition) is 5. The third-order valence-corrected chi connectivity index (χ3v) is 3.68. The van der Waals surface area contributed by atoms with Crippen LogP contribution in [0.15, 0.2) is 24.3 Å². The molecule has 0 fully saturated rings. The maximum atomic E-state index is 12.0. The van der Waals surface area contributed by atoms with Crippen LogP contribution in [0, 0.1) is 0 Å². The standard InChI is InChI=1S/C19H27ClN2O5/c1-13(17(24)22-12-14-8-5-6-9-15(14)20)26-16(23)10-7-11-21-18(25)27-19(2,3)4/h5-6,8-9,13H,7,10-12H2,1-4H3,(H,21,25)(H,22,24)/t13-/m1/s1. The van der Waals surface area contributed by atoms with Crippen molar-refractivity contribution in [3.8, 4) is 0 Å². The average Bonchev–Trinajstić information content (AvgIpc) is 2.56. The van der Waals surface area contributed by atoms with Gasteiger partial charge < -0.3 is 20.1 Å². The molecule has 150 valence electrons. The summed E-state index contributed by atoms with van der Waals surface area (Å²) in [6, 6.07) is 7.16. The molecule has 1 atom stereocenters. The number of halogens is 1. The van der Waals surface area contributed by atoms with Crippen LogP contribution in [0.2, 0.25) is 5.02 Å². The van der Waals surface area contributed by atoms with E-state index in [1.165, 1.54) is 6.92 Å². The number of carbonyl (C=O) groups excluding carboxylic acids is 3. The molecule has 0 unspecified atom stereocenters. The second-order valence-corrected chi connectivity index (χ2v) is 7.38. The fraction of sp³-hybridized carbons (Fsp3) is 0.526. The minimum absolute atomic E-state index is 0.0813. The van der Waals surface area contributed by atoms with Gasteiger partial charge in [-0.3, -0.25) is 9.59 Å². The van der Waals surface area contributed by atoms with Gasteiger partial charge >= 0.3 is 12.1 Å². The Hall–Kier alpha value is -2.28. The molecular formula is C19H27ClN2O5. The number of carbonyl (C=O) groups is 3. The van der Waals surface area contributed by atoms with E-state index < -0.39 is 29.7 Å². The van der Waals surface area contributed by atoms with E-state index in [2.05, 4.69) is 10.6 Å². The van der Waals surface area contributed by atoms with E-state index in [-0.39, 0.29) is 19.5 Å². The van der Waals surface area contributed by atoms with Gasteiger partial charge in [0.05, 0.1) is 0 Å². The van der Waals surface area contributed by atoms with Gasteiger partial charge in [0.2, 0.25) is 0 Å². The quantitative estimate of drug-likeness (QED) is 0.518. The molecule has 0 saturated heterocycles. The van der Waals surface area contributed by atoms with Crippen LogP contribution < -0.4 is 10.6 Å². The summed E-state index contributed by atoms with van der Waals surface area (Å²) in [7, 11) is 0. The summed E-state index contributed by atoms with van der Waals surface area (Å²) in [6.07, 6.45) is -0.994. The van der Waals surface area contributed by atoms with Crippen molar-refractivity contribution in [2.45, 2.75) is 58.8 Å². The number of amides is 2. The number of alkyl carbamates (subject to hydrolysis) is 1. The summed E-state index contributed by atoms with van der Waals surface area (Å²) in [6.45, 7) is 7.32. The Bertz CT molecular complexity index is 658. The van der Waals surface area contributed by atoms with Crippen LogP contribution in [0.1, 0.15) is 46.1 Å². The second kappa shape index (κ2) is 10.8. The number of ether oxygens (including phenoxy) is 2. The zero-order valence-corrected chi connectivity index (χ0v) is 16.9. The second-order valence-electron chi connectivity index (χ2n) is 6.97. The van der Waals surface area contributed by atoms with Gasteiger partial charge in [0.1, 0.15) is 5.60 Å². The van der Waals surface area contributed by atoms with E-state index in [9.17, 15) is 14.4 Å². The molecule has 0 aliphatic heterocycles. The normalized spacial score (nSPS) is 12.0. The minimum atomic E-state index is -0.918. The minimum Gasteiger partial charge on any atom is -0.453 e. The SMILES string of the molecule is C[C@@H](OC(=O)CCCNC(=O)OC(C)(C)C)C(=O)NCc1ccccc1Cl. The van der Waals surface area contributed by atoms with Crippen molar-refractivity contribution in [3.05, 3.63) is 34.9 Å². The lowest BCUT2D eigenvalue weighted by Crippen LogP contribution is -2.36. The first kappa shape index (κ1) is 22.8. The first-order valence-electron chi connectivity index (χ1n) is 8.76. The predicted molar refractivity (Wildman–Crippen MR) is 102 cm³/mol. The fourth-order valence-corrected chi connectivity index (χ4v) is 2.22. The molecule has 2 amide bonds. The molecule has 0 saturated carbocycles. The Morgan fingerprint density at radius 2 is 1.81 bits per heavy atom. The molecule has 0 radical (unpaired) electrons. The maximum Gasteiger partial charge on any atom is 0.407 e. The summed E-state index contributed by atoms with van der Waals surface area (Å²) in [5.41, 5.74) is 0.203. The van der Waals surface area contributed by atoms with Crippen molar-refractivity contribution in [1.29, 1.82) is 0 Å². The lowest BCUT2D eigenvalue weighted by molar-refractivity contribution is -0.154. The van der Waals surface area contributed by atoms with Gasteiger partial charge in [0, 0.05) is 24.5 Å². The molecule has 2 N–H and O–H groups in total. The first-order chi connectivity index (χ1) is 12.6. The van der Waals surface area contributed by atoms with Crippen molar-refractivity contribution in [2.24, 2.45) is 0 Å². The largest absolute Gasteiger partial charge is 0.453 e. The molecule has 1 rings (SSSR count). The van der Waals surface area contributed by atoms with Crippen LogP contribution in [0.5, 0.6) is 0 Å². The number of benzene rings is 1. The van der Waals surface area contributed by atoms with Crippen LogP contribution in [0.25, 0.3) is 0 Å². The molecule has 0 aliphatic carbocycles. The molecule has 0 aliphatic rings. The van der Waals surface area contributed by atoms with Gasteiger partial charge in [-0.2, -0.15) is 0 Å². The van der Waals surface area contributed by atoms with Crippen molar-refractivity contribution >= 4 is 29.6 Å². The fourth-order valence-electron chi connectivity index (χ4n) is 2.01. The van der Waals surface area contributed by atoms with Crippen LogP contribution in [-0.2, 0) is 25.6 Å². The van der Waals surface area contributed by atoms with Crippen molar-refractivity contribution < 1.29 is 23.9 Å². The van der Waals surface area contributed by atoms with E-state index in [0.717, 1.165) is 5.56 Å². The van der Waals surface area contributed by atoms with Gasteiger partial charge in [0.25, 0.3) is 5.91 Å². The van der Waals surface area contributed by atoms with Gasteiger partial charge in [-0.15, -0.1) is 0 Å². The highest BCUT2D eigenvalue weighted by Gasteiger charge is 2.18. The van der Waals surface area contributed by atoms with Gasteiger partial charge in [0.15, 0.2) is 6.10 Å². The highest BCUT2D eigenvalue weighted by atomic mass is 35.5. The Kier molecular flexibility index (Phi) is 9.08. The topological polar surface area (TPSA) is 93.7 Å². The van der Waals surface area contributed by atoms with E-state index in [0.29, 0.717) is 11.4 Å². The van der Waals surface area contributed by atoms with Crippen LogP contribution >= 0.6 is 11.6 Å². The van der Waals surface area contributed by atoms with Crippen molar-refractivity contribution in [2.75, 3.05) is 6.54 Å². The summed E-state index contributed by atoms with van der Waals surface area (Å²) >= 11 is 6.02. The zero-order chi connectivity index (χ0) is 20.4. The molecule has 27 heavy (non-hydrogen) atoms.